The van der Waals surface area contributed by atoms with Crippen molar-refractivity contribution in [2.75, 3.05) is 40.8 Å². The molecule has 0 radical (unpaired) electrons. The highest BCUT2D eigenvalue weighted by Crippen LogP contribution is 2.06. The Hall–Kier alpha value is -1.10. The van der Waals surface area contributed by atoms with E-state index in [2.05, 4.69) is 25.9 Å². The summed E-state index contributed by atoms with van der Waals surface area (Å²) in [6, 6.07) is 0. The molecule has 1 aliphatic rings. The molecule has 14 heavy (non-hydrogen) atoms. The lowest BCUT2D eigenvalue weighted by atomic mass is 10.3. The first kappa shape index (κ1) is 11.0. The van der Waals surface area contributed by atoms with Gasteiger partial charge in [-0.1, -0.05) is 0 Å². The molecule has 0 aromatic heterocycles. The summed E-state index contributed by atoms with van der Waals surface area (Å²) >= 11 is 0. The van der Waals surface area contributed by atoms with Crippen molar-refractivity contribution in [3.05, 3.63) is 0 Å². The molecule has 0 atom stereocenters. The normalized spacial score (nSPS) is 17.5. The molecule has 0 aliphatic carbocycles. The topological polar surface area (TPSA) is 46.6 Å². The third-order valence-corrected chi connectivity index (χ3v) is 2.05. The van der Waals surface area contributed by atoms with Crippen LogP contribution in [0.3, 0.4) is 0 Å². The third kappa shape index (κ3) is 2.99. The number of hydrogen-bond donors (Lipinski definition) is 0. The molecule has 0 aromatic rings. The second kappa shape index (κ2) is 3.96. The minimum atomic E-state index is -0.503. The fourth-order valence-electron chi connectivity index (χ4n) is 1.30. The number of nitrogens with zero attached hydrogens (tertiary/aromatic N) is 2. The van der Waals surface area contributed by atoms with Crippen molar-refractivity contribution in [2.45, 2.75) is 6.42 Å². The van der Waals surface area contributed by atoms with Crippen LogP contribution in [0.2, 0.25) is 0 Å². The number of rotatable bonds is 4. The van der Waals surface area contributed by atoms with Crippen LogP contribution in [0, 0.1) is 0 Å². The van der Waals surface area contributed by atoms with Crippen LogP contribution in [0.1, 0.15) is 6.42 Å². The molecule has 0 bridgehead atoms. The van der Waals surface area contributed by atoms with Gasteiger partial charge in [0.1, 0.15) is 0 Å². The maximum absolute atomic E-state index is 11.1. The molecule has 1 heterocycles. The number of ether oxygens (including phenoxy) is 1. The molecule has 5 heteroatoms. The highest BCUT2D eigenvalue weighted by Gasteiger charge is 2.30. The summed E-state index contributed by atoms with van der Waals surface area (Å²) in [5, 5.41) is 0. The van der Waals surface area contributed by atoms with E-state index in [1.165, 1.54) is 4.90 Å². The molecule has 0 spiro atoms. The maximum atomic E-state index is 11.1. The van der Waals surface area contributed by atoms with Gasteiger partial charge in [-0.3, -0.25) is 4.79 Å². The Morgan fingerprint density at radius 2 is 2.00 bits per heavy atom. The van der Waals surface area contributed by atoms with E-state index in [0.29, 0.717) is 6.54 Å². The van der Waals surface area contributed by atoms with E-state index >= 15 is 0 Å². The van der Waals surface area contributed by atoms with Crippen molar-refractivity contribution in [3.63, 3.8) is 0 Å². The predicted molar refractivity (Wildman–Crippen MR) is 50.6 cm³/mol. The summed E-state index contributed by atoms with van der Waals surface area (Å²) in [4.78, 5) is 23.3. The Morgan fingerprint density at radius 1 is 1.36 bits per heavy atom. The average molecular weight is 201 g/mol. The number of carbonyl (C=O) groups excluding carboxylic acids is 2. The van der Waals surface area contributed by atoms with Crippen LogP contribution in [0.25, 0.3) is 0 Å². The van der Waals surface area contributed by atoms with Crippen molar-refractivity contribution in [2.24, 2.45) is 0 Å². The first-order valence-corrected chi connectivity index (χ1v) is 4.68. The summed E-state index contributed by atoms with van der Waals surface area (Å²) < 4.78 is 5.42. The lowest BCUT2D eigenvalue weighted by Gasteiger charge is -2.24. The number of quaternary nitrogens is 1. The Bertz CT molecular complexity index is 229. The fourth-order valence-corrected chi connectivity index (χ4v) is 1.30. The monoisotopic (exact) mass is 201 g/mol. The molecule has 0 aromatic carbocycles. The SMILES string of the molecule is C[N+](C)(C)CCCN1C(=O)COC1=O. The van der Waals surface area contributed by atoms with Gasteiger partial charge in [0, 0.05) is 13.0 Å². The molecule has 80 valence electrons. The zero-order chi connectivity index (χ0) is 10.8. The second-order valence-electron chi connectivity index (χ2n) is 4.47. The zero-order valence-corrected chi connectivity index (χ0v) is 8.95. The maximum Gasteiger partial charge on any atom is 0.417 e. The van der Waals surface area contributed by atoms with Gasteiger partial charge in [0.2, 0.25) is 0 Å². The Balaban J connectivity index is 2.31. The van der Waals surface area contributed by atoms with Gasteiger partial charge in [0.05, 0.1) is 27.7 Å². The molecular formula is C9H17N2O3+. The quantitative estimate of drug-likeness (QED) is 0.604. The third-order valence-electron chi connectivity index (χ3n) is 2.05. The van der Waals surface area contributed by atoms with Gasteiger partial charge in [-0.05, 0) is 0 Å². The van der Waals surface area contributed by atoms with Gasteiger partial charge in [-0.2, -0.15) is 0 Å². The van der Waals surface area contributed by atoms with Crippen LogP contribution in [0.4, 0.5) is 4.79 Å². The van der Waals surface area contributed by atoms with Gasteiger partial charge in [0.15, 0.2) is 6.61 Å². The van der Waals surface area contributed by atoms with E-state index in [1.807, 2.05) is 0 Å². The van der Waals surface area contributed by atoms with E-state index in [-0.39, 0.29) is 12.5 Å². The van der Waals surface area contributed by atoms with Gasteiger partial charge >= 0.3 is 6.09 Å². The standard InChI is InChI=1S/C9H17N2O3/c1-11(2,3)6-4-5-10-8(12)7-14-9(10)13/h4-7H2,1-3H3/q+1. The van der Waals surface area contributed by atoms with Crippen molar-refractivity contribution in [1.82, 2.24) is 4.90 Å². The van der Waals surface area contributed by atoms with Crippen LogP contribution in [0.15, 0.2) is 0 Å². The molecule has 2 amide bonds. The molecule has 1 rings (SSSR count). The summed E-state index contributed by atoms with van der Waals surface area (Å²) in [6.07, 6.45) is 0.307. The van der Waals surface area contributed by atoms with E-state index < -0.39 is 6.09 Å². The van der Waals surface area contributed by atoms with Gasteiger partial charge in [-0.25, -0.2) is 9.69 Å². The molecular weight excluding hydrogens is 184 g/mol. The summed E-state index contributed by atoms with van der Waals surface area (Å²) in [5.74, 6) is -0.226. The molecule has 5 nitrogen and oxygen atoms in total. The zero-order valence-electron chi connectivity index (χ0n) is 8.95. The Labute approximate surface area is 83.8 Å². The number of carbonyl (C=O) groups is 2. The van der Waals surface area contributed by atoms with Gasteiger partial charge in [-0.15, -0.1) is 0 Å². The second-order valence-corrected chi connectivity index (χ2v) is 4.47. The highest BCUT2D eigenvalue weighted by atomic mass is 16.6. The smallest absolute Gasteiger partial charge is 0.417 e. The fraction of sp³-hybridized carbons (Fsp3) is 0.778. The minimum Gasteiger partial charge on any atom is -0.439 e. The summed E-state index contributed by atoms with van der Waals surface area (Å²) in [5.41, 5.74) is 0. The molecule has 0 unspecified atom stereocenters. The molecule has 1 saturated heterocycles. The summed E-state index contributed by atoms with van der Waals surface area (Å²) in [6.45, 7) is 1.30. The van der Waals surface area contributed by atoms with Crippen molar-refractivity contribution in [3.8, 4) is 0 Å². The van der Waals surface area contributed by atoms with Crippen LogP contribution >= 0.6 is 0 Å². The van der Waals surface area contributed by atoms with Crippen LogP contribution < -0.4 is 0 Å². The Morgan fingerprint density at radius 3 is 2.43 bits per heavy atom. The molecule has 1 aliphatic heterocycles. The van der Waals surface area contributed by atoms with Crippen LogP contribution in [0.5, 0.6) is 0 Å². The first-order valence-electron chi connectivity index (χ1n) is 4.68. The largest absolute Gasteiger partial charge is 0.439 e. The van der Waals surface area contributed by atoms with Crippen LogP contribution in [-0.2, 0) is 9.53 Å². The number of cyclic esters (lactones) is 1. The van der Waals surface area contributed by atoms with E-state index in [1.54, 1.807) is 0 Å². The number of hydrogen-bond acceptors (Lipinski definition) is 3. The predicted octanol–water partition coefficient (Wildman–Crippen LogP) is 0.0615. The minimum absolute atomic E-state index is 0.0940. The molecule has 0 saturated carbocycles. The molecule has 0 N–H and O–H groups in total. The lowest BCUT2D eigenvalue weighted by Crippen LogP contribution is -2.38. The average Bonchev–Trinajstić information content (AvgIpc) is 2.33. The Kier molecular flexibility index (Phi) is 3.10. The van der Waals surface area contributed by atoms with E-state index in [0.717, 1.165) is 17.4 Å². The van der Waals surface area contributed by atoms with Crippen molar-refractivity contribution < 1.29 is 18.8 Å². The van der Waals surface area contributed by atoms with Crippen molar-refractivity contribution in [1.29, 1.82) is 0 Å². The van der Waals surface area contributed by atoms with E-state index in [9.17, 15) is 9.59 Å². The van der Waals surface area contributed by atoms with E-state index in [4.69, 9.17) is 0 Å². The van der Waals surface area contributed by atoms with Crippen molar-refractivity contribution >= 4 is 12.0 Å². The molecule has 1 fully saturated rings. The first-order chi connectivity index (χ1) is 6.40. The van der Waals surface area contributed by atoms with Crippen LogP contribution in [-0.4, -0.2) is 62.2 Å². The summed E-state index contributed by atoms with van der Waals surface area (Å²) in [7, 11) is 6.22. The number of amides is 2. The van der Waals surface area contributed by atoms with Gasteiger partial charge in [0.25, 0.3) is 5.91 Å². The van der Waals surface area contributed by atoms with Gasteiger partial charge < -0.3 is 9.22 Å². The number of imide groups is 1. The lowest BCUT2D eigenvalue weighted by molar-refractivity contribution is -0.870. The highest BCUT2D eigenvalue weighted by molar-refractivity contribution is 5.97.